The molecule has 1 aromatic rings. The van der Waals surface area contributed by atoms with Gasteiger partial charge in [-0.2, -0.15) is 0 Å². The van der Waals surface area contributed by atoms with Crippen molar-refractivity contribution in [2.45, 2.75) is 6.42 Å². The lowest BCUT2D eigenvalue weighted by Gasteiger charge is -2.22. The number of benzene rings is 1. The van der Waals surface area contributed by atoms with E-state index in [2.05, 4.69) is 36.8 Å². The molecule has 0 bridgehead atoms. The van der Waals surface area contributed by atoms with Gasteiger partial charge in [0.15, 0.2) is 0 Å². The van der Waals surface area contributed by atoms with Crippen LogP contribution in [0.4, 0.5) is 4.39 Å². The highest BCUT2D eigenvalue weighted by Gasteiger charge is 2.21. The first-order chi connectivity index (χ1) is 9.61. The quantitative estimate of drug-likeness (QED) is 0.718. The highest BCUT2D eigenvalue weighted by Crippen LogP contribution is 2.20. The minimum atomic E-state index is -0.340. The Labute approximate surface area is 135 Å². The summed E-state index contributed by atoms with van der Waals surface area (Å²) in [7, 11) is 0. The molecular formula is C14H17Br2FN2O. The molecule has 0 saturated carbocycles. The van der Waals surface area contributed by atoms with Crippen molar-refractivity contribution in [3.8, 4) is 0 Å². The highest BCUT2D eigenvalue weighted by molar-refractivity contribution is 9.10. The summed E-state index contributed by atoms with van der Waals surface area (Å²) in [5.74, 6) is -0.370. The van der Waals surface area contributed by atoms with Gasteiger partial charge in [-0.05, 0) is 47.1 Å². The van der Waals surface area contributed by atoms with Gasteiger partial charge >= 0.3 is 0 Å². The van der Waals surface area contributed by atoms with Gasteiger partial charge in [0.25, 0.3) is 5.91 Å². The van der Waals surface area contributed by atoms with E-state index in [1.807, 2.05) is 4.90 Å². The van der Waals surface area contributed by atoms with Gasteiger partial charge in [-0.25, -0.2) is 4.39 Å². The second-order valence-corrected chi connectivity index (χ2v) is 6.45. The number of halogens is 3. The molecule has 1 heterocycles. The average Bonchev–Trinajstić information content (AvgIpc) is 2.64. The zero-order valence-electron chi connectivity index (χ0n) is 11.1. The lowest BCUT2D eigenvalue weighted by atomic mass is 10.2. The molecule has 1 saturated heterocycles. The molecule has 0 N–H and O–H groups in total. The molecule has 6 heteroatoms. The Hall–Kier alpha value is -0.460. The van der Waals surface area contributed by atoms with Crippen molar-refractivity contribution in [2.24, 2.45) is 0 Å². The number of alkyl halides is 1. The zero-order valence-corrected chi connectivity index (χ0v) is 14.3. The summed E-state index contributed by atoms with van der Waals surface area (Å²) in [4.78, 5) is 16.7. The van der Waals surface area contributed by atoms with E-state index >= 15 is 0 Å². The normalized spacial score (nSPS) is 17.1. The van der Waals surface area contributed by atoms with Crippen LogP contribution in [0.15, 0.2) is 22.7 Å². The number of hydrogen-bond acceptors (Lipinski definition) is 2. The summed E-state index contributed by atoms with van der Waals surface area (Å²) in [6.45, 7) is 4.37. The third-order valence-corrected chi connectivity index (χ3v) is 4.45. The maximum Gasteiger partial charge on any atom is 0.255 e. The number of hydrogen-bond donors (Lipinski definition) is 0. The molecule has 0 radical (unpaired) electrons. The molecule has 1 amide bonds. The first-order valence-electron chi connectivity index (χ1n) is 6.64. The first-order valence-corrected chi connectivity index (χ1v) is 8.56. The van der Waals surface area contributed by atoms with Gasteiger partial charge in [0.2, 0.25) is 0 Å². The van der Waals surface area contributed by atoms with E-state index < -0.39 is 0 Å². The molecule has 110 valence electrons. The van der Waals surface area contributed by atoms with Gasteiger partial charge in [-0.1, -0.05) is 15.9 Å². The summed E-state index contributed by atoms with van der Waals surface area (Å²) in [6, 6.07) is 4.21. The molecular weight excluding hydrogens is 391 g/mol. The van der Waals surface area contributed by atoms with Crippen LogP contribution in [-0.2, 0) is 0 Å². The Balaban J connectivity index is 2.05. The molecule has 1 fully saturated rings. The van der Waals surface area contributed by atoms with Crippen LogP contribution in [0.25, 0.3) is 0 Å². The molecule has 0 aliphatic carbocycles. The Bertz CT molecular complexity index is 484. The monoisotopic (exact) mass is 406 g/mol. The van der Waals surface area contributed by atoms with E-state index in [0.717, 1.165) is 44.5 Å². The smallest absolute Gasteiger partial charge is 0.255 e. The lowest BCUT2D eigenvalue weighted by molar-refractivity contribution is 0.0761. The Morgan fingerprint density at radius 3 is 2.75 bits per heavy atom. The van der Waals surface area contributed by atoms with E-state index in [9.17, 15) is 9.18 Å². The SMILES string of the molecule is O=C(c1ccc(F)cc1Br)N1CCCN(CCBr)CC1. The maximum absolute atomic E-state index is 13.1. The predicted molar refractivity (Wildman–Crippen MR) is 84.9 cm³/mol. The zero-order chi connectivity index (χ0) is 14.5. The minimum Gasteiger partial charge on any atom is -0.337 e. The highest BCUT2D eigenvalue weighted by atomic mass is 79.9. The van der Waals surface area contributed by atoms with E-state index in [4.69, 9.17) is 0 Å². The van der Waals surface area contributed by atoms with E-state index in [-0.39, 0.29) is 11.7 Å². The van der Waals surface area contributed by atoms with Crippen LogP contribution in [0.1, 0.15) is 16.8 Å². The standard InChI is InChI=1S/C14H17Br2FN2O/c15-4-7-18-5-1-6-19(9-8-18)14(20)12-3-2-11(17)10-13(12)16/h2-3,10H,1,4-9H2. The second-order valence-electron chi connectivity index (χ2n) is 4.80. The van der Waals surface area contributed by atoms with Crippen LogP contribution in [0.3, 0.4) is 0 Å². The van der Waals surface area contributed by atoms with Crippen LogP contribution in [0.5, 0.6) is 0 Å². The fourth-order valence-electron chi connectivity index (χ4n) is 2.35. The van der Waals surface area contributed by atoms with Crippen molar-refractivity contribution < 1.29 is 9.18 Å². The van der Waals surface area contributed by atoms with Gasteiger partial charge < -0.3 is 9.80 Å². The Morgan fingerprint density at radius 2 is 2.05 bits per heavy atom. The van der Waals surface area contributed by atoms with Crippen molar-refractivity contribution in [3.05, 3.63) is 34.1 Å². The van der Waals surface area contributed by atoms with E-state index in [1.165, 1.54) is 12.1 Å². The van der Waals surface area contributed by atoms with Crippen LogP contribution in [0, 0.1) is 5.82 Å². The molecule has 2 rings (SSSR count). The second kappa shape index (κ2) is 7.52. The van der Waals surface area contributed by atoms with Gasteiger partial charge in [-0.3, -0.25) is 4.79 Å². The summed E-state index contributed by atoms with van der Waals surface area (Å²) in [5, 5.41) is 0.949. The Morgan fingerprint density at radius 1 is 1.25 bits per heavy atom. The molecule has 0 spiro atoms. The number of carbonyl (C=O) groups excluding carboxylic acids is 1. The molecule has 20 heavy (non-hydrogen) atoms. The first kappa shape index (κ1) is 15.9. The predicted octanol–water partition coefficient (Wildman–Crippen LogP) is 3.13. The summed E-state index contributed by atoms with van der Waals surface area (Å²) in [5.41, 5.74) is 0.528. The lowest BCUT2D eigenvalue weighted by Crippen LogP contribution is -2.35. The van der Waals surface area contributed by atoms with Gasteiger partial charge in [0.1, 0.15) is 5.82 Å². The van der Waals surface area contributed by atoms with Gasteiger partial charge in [-0.15, -0.1) is 0 Å². The number of rotatable bonds is 3. The largest absolute Gasteiger partial charge is 0.337 e. The van der Waals surface area contributed by atoms with E-state index in [1.54, 1.807) is 6.07 Å². The number of carbonyl (C=O) groups is 1. The van der Waals surface area contributed by atoms with E-state index in [0.29, 0.717) is 10.0 Å². The topological polar surface area (TPSA) is 23.6 Å². The molecule has 3 nitrogen and oxygen atoms in total. The minimum absolute atomic E-state index is 0.0300. The summed E-state index contributed by atoms with van der Waals surface area (Å²) in [6.07, 6.45) is 0.970. The van der Waals surface area contributed by atoms with Crippen molar-refractivity contribution in [3.63, 3.8) is 0 Å². The molecule has 0 aromatic heterocycles. The summed E-state index contributed by atoms with van der Waals surface area (Å²) >= 11 is 6.71. The molecule has 0 unspecified atom stereocenters. The average molecular weight is 408 g/mol. The van der Waals surface area contributed by atoms with Crippen molar-refractivity contribution in [1.29, 1.82) is 0 Å². The maximum atomic E-state index is 13.1. The fourth-order valence-corrected chi connectivity index (χ4v) is 3.37. The fraction of sp³-hybridized carbons (Fsp3) is 0.500. The molecule has 1 aliphatic heterocycles. The van der Waals surface area contributed by atoms with Crippen LogP contribution in [-0.4, -0.2) is 53.8 Å². The molecule has 0 atom stereocenters. The third kappa shape index (κ3) is 4.02. The molecule has 1 aliphatic rings. The van der Waals surface area contributed by atoms with Crippen LogP contribution >= 0.6 is 31.9 Å². The molecule has 1 aromatic carbocycles. The third-order valence-electron chi connectivity index (χ3n) is 3.44. The summed E-state index contributed by atoms with van der Waals surface area (Å²) < 4.78 is 13.6. The number of nitrogens with zero attached hydrogens (tertiary/aromatic N) is 2. The van der Waals surface area contributed by atoms with Gasteiger partial charge in [0, 0.05) is 36.0 Å². The van der Waals surface area contributed by atoms with Crippen molar-refractivity contribution in [2.75, 3.05) is 38.1 Å². The van der Waals surface area contributed by atoms with Crippen LogP contribution < -0.4 is 0 Å². The van der Waals surface area contributed by atoms with Gasteiger partial charge in [0.05, 0.1) is 5.56 Å². The van der Waals surface area contributed by atoms with Crippen molar-refractivity contribution >= 4 is 37.8 Å². The van der Waals surface area contributed by atoms with Crippen molar-refractivity contribution in [1.82, 2.24) is 9.80 Å². The number of amides is 1. The Kier molecular flexibility index (Phi) is 5.99. The van der Waals surface area contributed by atoms with Crippen LogP contribution in [0.2, 0.25) is 0 Å².